The Morgan fingerprint density at radius 3 is 2.42 bits per heavy atom. The van der Waals surface area contributed by atoms with Gasteiger partial charge in [0.25, 0.3) is 0 Å². The topological polar surface area (TPSA) is 76.4 Å². The van der Waals surface area contributed by atoms with Crippen molar-refractivity contribution in [3.8, 4) is 0 Å². The minimum Gasteiger partial charge on any atom is -0.480 e. The molecule has 9 heteroatoms. The molecule has 0 amide bonds. The van der Waals surface area contributed by atoms with Crippen LogP contribution in [0.4, 0.5) is 8.78 Å². The third-order valence-electron chi connectivity index (χ3n) is 5.16. The Kier molecular flexibility index (Phi) is 5.40. The van der Waals surface area contributed by atoms with Crippen molar-refractivity contribution in [1.82, 2.24) is 4.57 Å². The van der Waals surface area contributed by atoms with Crippen molar-refractivity contribution in [1.29, 1.82) is 0 Å². The van der Waals surface area contributed by atoms with Gasteiger partial charge in [-0.2, -0.15) is 0 Å². The fourth-order valence-corrected chi connectivity index (χ4v) is 6.39. The molecule has 2 aromatic heterocycles. The van der Waals surface area contributed by atoms with Gasteiger partial charge < -0.3 is 9.67 Å². The molecule has 0 aliphatic heterocycles. The minimum absolute atomic E-state index is 0.0235. The van der Waals surface area contributed by atoms with E-state index < -0.39 is 27.4 Å². The van der Waals surface area contributed by atoms with E-state index in [4.69, 9.17) is 0 Å². The average molecular weight is 462 g/mol. The van der Waals surface area contributed by atoms with Crippen LogP contribution in [0.1, 0.15) is 16.1 Å². The molecule has 0 saturated heterocycles. The quantitative estimate of drug-likeness (QED) is 0.419. The zero-order chi connectivity index (χ0) is 22.3. The molecular weight excluding hydrogens is 444 g/mol. The number of sulfone groups is 1. The van der Waals surface area contributed by atoms with Crippen LogP contribution < -0.4 is 0 Å². The molecule has 0 spiro atoms. The van der Waals surface area contributed by atoms with Gasteiger partial charge in [0, 0.05) is 27.9 Å². The Balaban J connectivity index is 1.83. The molecule has 0 aliphatic carbocycles. The van der Waals surface area contributed by atoms with Gasteiger partial charge in [-0.15, -0.1) is 11.3 Å². The first-order valence-electron chi connectivity index (χ1n) is 9.24. The number of rotatable bonds is 6. The smallest absolute Gasteiger partial charge is 0.323 e. The van der Waals surface area contributed by atoms with Crippen LogP contribution in [0, 0.1) is 18.6 Å². The molecule has 2 aromatic carbocycles. The third-order valence-corrected chi connectivity index (χ3v) is 8.07. The first-order valence-corrected chi connectivity index (χ1v) is 11.6. The highest BCUT2D eigenvalue weighted by Gasteiger charge is 2.25. The summed E-state index contributed by atoms with van der Waals surface area (Å²) in [4.78, 5) is 11.9. The molecule has 4 rings (SSSR count). The fraction of sp³-hybridized carbons (Fsp3) is 0.136. The SMILES string of the molecule is Cc1c(Cc2sccc2S(=O)(=O)c2ccc(F)cc2)c2cc(F)ccc2n1CC(=O)O. The lowest BCUT2D eigenvalue weighted by molar-refractivity contribution is -0.137. The van der Waals surface area contributed by atoms with Crippen molar-refractivity contribution in [2.24, 2.45) is 0 Å². The molecule has 4 aromatic rings. The molecule has 0 radical (unpaired) electrons. The van der Waals surface area contributed by atoms with Gasteiger partial charge in [0.2, 0.25) is 9.84 Å². The van der Waals surface area contributed by atoms with Gasteiger partial charge in [0.15, 0.2) is 0 Å². The van der Waals surface area contributed by atoms with Crippen molar-refractivity contribution in [2.75, 3.05) is 0 Å². The molecule has 31 heavy (non-hydrogen) atoms. The molecule has 2 heterocycles. The Morgan fingerprint density at radius 2 is 1.74 bits per heavy atom. The van der Waals surface area contributed by atoms with Gasteiger partial charge in [0.1, 0.15) is 18.2 Å². The van der Waals surface area contributed by atoms with Crippen LogP contribution in [-0.4, -0.2) is 24.1 Å². The number of hydrogen-bond acceptors (Lipinski definition) is 4. The number of aromatic nitrogens is 1. The average Bonchev–Trinajstić information content (AvgIpc) is 3.27. The summed E-state index contributed by atoms with van der Waals surface area (Å²) in [6.45, 7) is 1.44. The Bertz CT molecular complexity index is 1400. The molecule has 0 atom stereocenters. The molecule has 0 bridgehead atoms. The normalized spacial score (nSPS) is 11.8. The van der Waals surface area contributed by atoms with Crippen LogP contribution in [-0.2, 0) is 27.6 Å². The van der Waals surface area contributed by atoms with Crippen molar-refractivity contribution in [3.63, 3.8) is 0 Å². The van der Waals surface area contributed by atoms with Crippen molar-refractivity contribution >= 4 is 38.0 Å². The first kappa shape index (κ1) is 21.2. The molecule has 1 N–H and O–H groups in total. The Morgan fingerprint density at radius 1 is 1.06 bits per heavy atom. The van der Waals surface area contributed by atoms with Crippen LogP contribution in [0.5, 0.6) is 0 Å². The van der Waals surface area contributed by atoms with Crippen LogP contribution in [0.25, 0.3) is 10.9 Å². The lowest BCUT2D eigenvalue weighted by Gasteiger charge is -2.08. The van der Waals surface area contributed by atoms with Gasteiger partial charge in [0.05, 0.1) is 9.79 Å². The predicted molar refractivity (Wildman–Crippen MR) is 113 cm³/mol. The second-order valence-electron chi connectivity index (χ2n) is 7.05. The minimum atomic E-state index is -3.88. The third kappa shape index (κ3) is 3.86. The van der Waals surface area contributed by atoms with Gasteiger partial charge >= 0.3 is 5.97 Å². The maximum Gasteiger partial charge on any atom is 0.323 e. The lowest BCUT2D eigenvalue weighted by Crippen LogP contribution is -2.10. The molecule has 5 nitrogen and oxygen atoms in total. The summed E-state index contributed by atoms with van der Waals surface area (Å²) in [7, 11) is -3.88. The predicted octanol–water partition coefficient (Wildman–Crippen LogP) is 4.80. The summed E-state index contributed by atoms with van der Waals surface area (Å²) in [6, 6.07) is 10.2. The van der Waals surface area contributed by atoms with Crippen LogP contribution >= 0.6 is 11.3 Å². The summed E-state index contributed by atoms with van der Waals surface area (Å²) >= 11 is 1.24. The van der Waals surface area contributed by atoms with Crippen LogP contribution in [0.2, 0.25) is 0 Å². The van der Waals surface area contributed by atoms with Crippen LogP contribution in [0.3, 0.4) is 0 Å². The second-order valence-corrected chi connectivity index (χ2v) is 9.97. The summed E-state index contributed by atoms with van der Waals surface area (Å²) in [6.07, 6.45) is 0.186. The summed E-state index contributed by atoms with van der Waals surface area (Å²) in [5.41, 5.74) is 1.85. The second kappa shape index (κ2) is 7.90. The standard InChI is InChI=1S/C22H17F2NO4S2/c1-13-17(18-10-15(24)4-7-19(18)25(13)12-22(26)27)11-20-21(8-9-30-20)31(28,29)16-5-2-14(23)3-6-16/h2-10H,11-12H2,1H3,(H,26,27). The number of fused-ring (bicyclic) bond motifs is 1. The zero-order valence-corrected chi connectivity index (χ0v) is 17.9. The highest BCUT2D eigenvalue weighted by Crippen LogP contribution is 2.34. The van der Waals surface area contributed by atoms with Crippen LogP contribution in [0.15, 0.2) is 63.7 Å². The molecule has 0 unspecified atom stereocenters. The number of benzene rings is 2. The largest absolute Gasteiger partial charge is 0.480 e. The highest BCUT2D eigenvalue weighted by atomic mass is 32.2. The Hall–Kier alpha value is -3.04. The number of carboxylic acid groups (broad SMARTS) is 1. The maximum atomic E-state index is 14.0. The number of carboxylic acids is 1. The maximum absolute atomic E-state index is 14.0. The number of hydrogen-bond donors (Lipinski definition) is 1. The van der Waals surface area contributed by atoms with E-state index in [1.165, 1.54) is 47.7 Å². The number of thiophene rings is 1. The number of carbonyl (C=O) groups is 1. The van der Waals surface area contributed by atoms with Crippen molar-refractivity contribution in [2.45, 2.75) is 29.7 Å². The zero-order valence-electron chi connectivity index (χ0n) is 16.3. The van der Waals surface area contributed by atoms with Crippen molar-refractivity contribution < 1.29 is 27.1 Å². The molecule has 0 aliphatic rings. The molecule has 0 saturated carbocycles. The fourth-order valence-electron chi connectivity index (χ4n) is 3.68. The van der Waals surface area contributed by atoms with E-state index >= 15 is 0 Å². The van der Waals surface area contributed by atoms with E-state index in [0.29, 0.717) is 27.0 Å². The number of halogens is 2. The van der Waals surface area contributed by atoms with Gasteiger partial charge in [-0.3, -0.25) is 4.79 Å². The van der Waals surface area contributed by atoms with Gasteiger partial charge in [-0.1, -0.05) is 0 Å². The first-order chi connectivity index (χ1) is 14.7. The van der Waals surface area contributed by atoms with E-state index in [1.54, 1.807) is 16.9 Å². The van der Waals surface area contributed by atoms with E-state index in [0.717, 1.165) is 12.1 Å². The number of aliphatic carboxylic acids is 1. The molecule has 0 fully saturated rings. The summed E-state index contributed by atoms with van der Waals surface area (Å²) < 4.78 is 55.0. The summed E-state index contributed by atoms with van der Waals surface area (Å²) in [5, 5.41) is 11.5. The van der Waals surface area contributed by atoms with Gasteiger partial charge in [-0.05, 0) is 66.4 Å². The number of nitrogens with zero attached hydrogens (tertiary/aromatic N) is 1. The van der Waals surface area contributed by atoms with E-state index in [9.17, 15) is 27.1 Å². The monoisotopic (exact) mass is 461 g/mol. The lowest BCUT2D eigenvalue weighted by atomic mass is 10.1. The van der Waals surface area contributed by atoms with E-state index in [1.807, 2.05) is 0 Å². The Labute approximate surface area is 181 Å². The highest BCUT2D eigenvalue weighted by molar-refractivity contribution is 7.91. The van der Waals surface area contributed by atoms with Gasteiger partial charge in [-0.25, -0.2) is 17.2 Å². The van der Waals surface area contributed by atoms with E-state index in [-0.39, 0.29) is 22.8 Å². The summed E-state index contributed by atoms with van der Waals surface area (Å²) in [5.74, 6) is -2.04. The van der Waals surface area contributed by atoms with E-state index in [2.05, 4.69) is 0 Å². The van der Waals surface area contributed by atoms with Crippen molar-refractivity contribution in [3.05, 3.63) is 81.7 Å². The molecule has 160 valence electrons. The molecular formula is C22H17F2NO4S2.